The highest BCUT2D eigenvalue weighted by atomic mass is 16.1. The number of hydrogen-bond donors (Lipinski definition) is 1. The Labute approximate surface area is 119 Å². The number of primary amides is 1. The maximum Gasteiger partial charge on any atom is 0.286 e. The third-order valence-corrected chi connectivity index (χ3v) is 3.42. The second-order valence-corrected chi connectivity index (χ2v) is 5.19. The Bertz CT molecular complexity index is 622. The highest BCUT2D eigenvalue weighted by Crippen LogP contribution is 2.19. The molecule has 0 saturated heterocycles. The predicted octanol–water partition coefficient (Wildman–Crippen LogP) is 3.16. The number of carbonyl (C=O) groups excluding carboxylic acids is 1. The Morgan fingerprint density at radius 2 is 2.00 bits per heavy atom. The van der Waals surface area contributed by atoms with Gasteiger partial charge in [0, 0.05) is 5.39 Å². The summed E-state index contributed by atoms with van der Waals surface area (Å²) in [6.45, 7) is 4.23. The van der Waals surface area contributed by atoms with Crippen molar-refractivity contribution in [3.05, 3.63) is 35.3 Å². The molecule has 0 fully saturated rings. The topological polar surface area (TPSA) is 68.9 Å². The van der Waals surface area contributed by atoms with Crippen molar-refractivity contribution < 1.29 is 4.79 Å². The predicted molar refractivity (Wildman–Crippen MR) is 80.6 cm³/mol. The zero-order valence-corrected chi connectivity index (χ0v) is 12.1. The molecule has 4 nitrogen and oxygen atoms in total. The maximum absolute atomic E-state index is 11.3. The molecule has 0 saturated carbocycles. The summed E-state index contributed by atoms with van der Waals surface area (Å²) in [5.41, 5.74) is 8.22. The summed E-state index contributed by atoms with van der Waals surface area (Å²) in [4.78, 5) is 19.9. The van der Waals surface area contributed by atoms with E-state index < -0.39 is 5.91 Å². The zero-order valence-electron chi connectivity index (χ0n) is 12.1. The number of benzene rings is 1. The summed E-state index contributed by atoms with van der Waals surface area (Å²) in [5.74, 6) is -0.450. The third kappa shape index (κ3) is 3.32. The monoisotopic (exact) mass is 271 g/mol. The summed E-state index contributed by atoms with van der Waals surface area (Å²) in [5, 5.41) is 1.03. The lowest BCUT2D eigenvalue weighted by Crippen LogP contribution is -2.16. The minimum atomic E-state index is -0.567. The van der Waals surface area contributed by atoms with Crippen LogP contribution in [0.2, 0.25) is 0 Å². The van der Waals surface area contributed by atoms with Crippen LogP contribution < -0.4 is 5.73 Å². The summed E-state index contributed by atoms with van der Waals surface area (Å²) in [6, 6.07) is 5.99. The average molecular weight is 271 g/mol. The average Bonchev–Trinajstić information content (AvgIpc) is 2.43. The normalized spacial score (nSPS) is 10.9. The molecular weight excluding hydrogens is 250 g/mol. The van der Waals surface area contributed by atoms with Gasteiger partial charge in [0.15, 0.2) is 0 Å². The van der Waals surface area contributed by atoms with Crippen LogP contribution in [0.4, 0.5) is 0 Å². The fourth-order valence-corrected chi connectivity index (χ4v) is 2.33. The Balaban J connectivity index is 2.37. The van der Waals surface area contributed by atoms with Crippen LogP contribution in [0, 0.1) is 6.92 Å². The molecule has 1 aromatic carbocycles. The molecule has 0 unspecified atom stereocenters. The zero-order chi connectivity index (χ0) is 14.5. The molecule has 2 rings (SSSR count). The Morgan fingerprint density at radius 1 is 1.20 bits per heavy atom. The van der Waals surface area contributed by atoms with Crippen molar-refractivity contribution in [3.8, 4) is 0 Å². The maximum atomic E-state index is 11.3. The van der Waals surface area contributed by atoms with E-state index in [-0.39, 0.29) is 5.82 Å². The number of hydrogen-bond acceptors (Lipinski definition) is 3. The highest BCUT2D eigenvalue weighted by Gasteiger charge is 2.11. The lowest BCUT2D eigenvalue weighted by atomic mass is 10.0. The number of nitrogens with zero attached hydrogens (tertiary/aromatic N) is 2. The van der Waals surface area contributed by atoms with Gasteiger partial charge in [0.05, 0.1) is 11.2 Å². The largest absolute Gasteiger partial charge is 0.363 e. The van der Waals surface area contributed by atoms with Crippen molar-refractivity contribution in [3.63, 3.8) is 0 Å². The van der Waals surface area contributed by atoms with E-state index in [0.29, 0.717) is 0 Å². The van der Waals surface area contributed by atoms with E-state index in [4.69, 9.17) is 5.73 Å². The molecule has 106 valence electrons. The summed E-state index contributed by atoms with van der Waals surface area (Å²) >= 11 is 0. The lowest BCUT2D eigenvalue weighted by molar-refractivity contribution is 0.0990. The van der Waals surface area contributed by atoms with Gasteiger partial charge in [0.2, 0.25) is 5.82 Å². The fourth-order valence-electron chi connectivity index (χ4n) is 2.33. The lowest BCUT2D eigenvalue weighted by Gasteiger charge is -2.08. The van der Waals surface area contributed by atoms with Gasteiger partial charge in [0.25, 0.3) is 5.91 Å². The first-order valence-corrected chi connectivity index (χ1v) is 7.19. The summed E-state index contributed by atoms with van der Waals surface area (Å²) in [7, 11) is 0. The molecule has 0 aliphatic carbocycles. The van der Waals surface area contributed by atoms with Gasteiger partial charge in [-0.25, -0.2) is 9.97 Å². The second kappa shape index (κ2) is 6.46. The van der Waals surface area contributed by atoms with Gasteiger partial charge in [0.1, 0.15) is 0 Å². The number of carbonyl (C=O) groups is 1. The molecule has 1 heterocycles. The first-order valence-electron chi connectivity index (χ1n) is 7.19. The third-order valence-electron chi connectivity index (χ3n) is 3.42. The van der Waals surface area contributed by atoms with Gasteiger partial charge in [-0.3, -0.25) is 4.79 Å². The number of nitrogens with two attached hydrogens (primary N) is 1. The Hall–Kier alpha value is -1.97. The van der Waals surface area contributed by atoms with Crippen molar-refractivity contribution in [2.75, 3.05) is 0 Å². The SMILES string of the molecule is CCCCCCc1nc(C(N)=O)nc2ccc(C)cc12. The number of fused-ring (bicyclic) bond motifs is 1. The molecule has 1 aromatic heterocycles. The van der Waals surface area contributed by atoms with Crippen molar-refractivity contribution in [1.29, 1.82) is 0 Å². The molecule has 1 amide bonds. The molecule has 0 spiro atoms. The van der Waals surface area contributed by atoms with Gasteiger partial charge in [-0.05, 0) is 31.9 Å². The van der Waals surface area contributed by atoms with Crippen LogP contribution in [0.1, 0.15) is 54.5 Å². The summed E-state index contributed by atoms with van der Waals surface area (Å²) in [6.07, 6.45) is 5.55. The first kappa shape index (κ1) is 14.4. The van der Waals surface area contributed by atoms with E-state index >= 15 is 0 Å². The van der Waals surface area contributed by atoms with E-state index in [1.807, 2.05) is 19.1 Å². The number of rotatable bonds is 6. The second-order valence-electron chi connectivity index (χ2n) is 5.19. The molecular formula is C16H21N3O. The van der Waals surface area contributed by atoms with Gasteiger partial charge < -0.3 is 5.73 Å². The van der Waals surface area contributed by atoms with Crippen LogP contribution in [-0.2, 0) is 6.42 Å². The fraction of sp³-hybridized carbons (Fsp3) is 0.438. The van der Waals surface area contributed by atoms with Crippen LogP contribution in [0.5, 0.6) is 0 Å². The summed E-state index contributed by atoms with van der Waals surface area (Å²) < 4.78 is 0. The molecule has 0 atom stereocenters. The van der Waals surface area contributed by atoms with Gasteiger partial charge in [-0.2, -0.15) is 0 Å². The van der Waals surface area contributed by atoms with Gasteiger partial charge in [-0.1, -0.05) is 37.8 Å². The van der Waals surface area contributed by atoms with Gasteiger partial charge >= 0.3 is 0 Å². The Morgan fingerprint density at radius 3 is 2.70 bits per heavy atom. The molecule has 2 aromatic rings. The first-order chi connectivity index (χ1) is 9.61. The Kier molecular flexibility index (Phi) is 4.66. The molecule has 2 N–H and O–H groups in total. The highest BCUT2D eigenvalue weighted by molar-refractivity contribution is 5.92. The smallest absolute Gasteiger partial charge is 0.286 e. The van der Waals surface area contributed by atoms with Crippen LogP contribution in [0.15, 0.2) is 18.2 Å². The molecule has 0 aliphatic heterocycles. The standard InChI is InChI=1S/C16H21N3O/c1-3-4-5-6-7-13-12-10-11(2)8-9-14(12)19-16(18-13)15(17)20/h8-10H,3-7H2,1-2H3,(H2,17,20). The number of aromatic nitrogens is 2. The van der Waals surface area contributed by atoms with Gasteiger partial charge in [-0.15, -0.1) is 0 Å². The van der Waals surface area contributed by atoms with E-state index in [2.05, 4.69) is 23.0 Å². The van der Waals surface area contributed by atoms with Crippen molar-refractivity contribution in [2.24, 2.45) is 5.73 Å². The number of aryl methyl sites for hydroxylation is 2. The molecule has 0 bridgehead atoms. The quantitative estimate of drug-likeness (QED) is 0.820. The molecule has 0 radical (unpaired) electrons. The van der Waals surface area contributed by atoms with Crippen LogP contribution >= 0.6 is 0 Å². The van der Waals surface area contributed by atoms with E-state index in [0.717, 1.165) is 29.4 Å². The minimum absolute atomic E-state index is 0.117. The van der Waals surface area contributed by atoms with Crippen LogP contribution in [0.25, 0.3) is 10.9 Å². The molecule has 4 heteroatoms. The van der Waals surface area contributed by atoms with E-state index in [1.54, 1.807) is 0 Å². The van der Waals surface area contributed by atoms with Crippen molar-refractivity contribution in [2.45, 2.75) is 46.0 Å². The van der Waals surface area contributed by atoms with E-state index in [9.17, 15) is 4.79 Å². The van der Waals surface area contributed by atoms with E-state index in [1.165, 1.54) is 24.8 Å². The van der Waals surface area contributed by atoms with Crippen LogP contribution in [0.3, 0.4) is 0 Å². The van der Waals surface area contributed by atoms with Crippen LogP contribution in [-0.4, -0.2) is 15.9 Å². The number of amides is 1. The number of unbranched alkanes of at least 4 members (excludes halogenated alkanes) is 3. The van der Waals surface area contributed by atoms with Crippen molar-refractivity contribution in [1.82, 2.24) is 9.97 Å². The van der Waals surface area contributed by atoms with Crippen molar-refractivity contribution >= 4 is 16.8 Å². The molecule has 20 heavy (non-hydrogen) atoms. The molecule has 0 aliphatic rings. The minimum Gasteiger partial charge on any atom is -0.363 e.